The Labute approximate surface area is 101 Å². The Balaban J connectivity index is 1.61. The van der Waals surface area contributed by atoms with Crippen molar-refractivity contribution in [1.29, 1.82) is 0 Å². The highest BCUT2D eigenvalue weighted by Crippen LogP contribution is 2.47. The van der Waals surface area contributed by atoms with Gasteiger partial charge < -0.3 is 9.84 Å². The van der Waals surface area contributed by atoms with Crippen LogP contribution in [0, 0.1) is 11.8 Å². The summed E-state index contributed by atoms with van der Waals surface area (Å²) >= 11 is 0. The van der Waals surface area contributed by atoms with E-state index in [4.69, 9.17) is 4.52 Å². The maximum Gasteiger partial charge on any atom is 0.234 e. The van der Waals surface area contributed by atoms with E-state index in [2.05, 4.69) is 15.5 Å². The average molecular weight is 233 g/mol. The lowest BCUT2D eigenvalue weighted by molar-refractivity contribution is 0.264. The third kappa shape index (κ3) is 1.53. The second-order valence-electron chi connectivity index (χ2n) is 6.04. The highest BCUT2D eigenvalue weighted by Gasteiger charge is 2.51. The molecule has 1 saturated heterocycles. The van der Waals surface area contributed by atoms with Crippen LogP contribution in [0.1, 0.15) is 43.8 Å². The Kier molecular flexibility index (Phi) is 2.10. The highest BCUT2D eigenvalue weighted by atomic mass is 16.5. The van der Waals surface area contributed by atoms with Gasteiger partial charge in [0.2, 0.25) is 5.89 Å². The molecule has 4 rings (SSSR count). The number of hydrogen-bond donors (Lipinski definition) is 1. The van der Waals surface area contributed by atoms with E-state index in [1.807, 2.05) is 0 Å². The van der Waals surface area contributed by atoms with E-state index in [-0.39, 0.29) is 5.41 Å². The predicted octanol–water partition coefficient (Wildman–Crippen LogP) is 1.66. The quantitative estimate of drug-likeness (QED) is 0.862. The summed E-state index contributed by atoms with van der Waals surface area (Å²) < 4.78 is 5.58. The van der Waals surface area contributed by atoms with Gasteiger partial charge in [0.25, 0.3) is 0 Å². The predicted molar refractivity (Wildman–Crippen MR) is 62.6 cm³/mol. The molecule has 2 unspecified atom stereocenters. The Morgan fingerprint density at radius 1 is 1.35 bits per heavy atom. The van der Waals surface area contributed by atoms with Crippen molar-refractivity contribution in [3.63, 3.8) is 0 Å². The third-order valence-electron chi connectivity index (χ3n) is 4.85. The largest absolute Gasteiger partial charge is 0.339 e. The van der Waals surface area contributed by atoms with Crippen LogP contribution >= 0.6 is 0 Å². The molecule has 0 radical (unpaired) electrons. The minimum atomic E-state index is 0.175. The van der Waals surface area contributed by atoms with Crippen molar-refractivity contribution in [2.24, 2.45) is 11.8 Å². The average Bonchev–Trinajstić information content (AvgIpc) is 2.76. The van der Waals surface area contributed by atoms with Crippen molar-refractivity contribution in [3.05, 3.63) is 11.7 Å². The molecule has 0 aromatic carbocycles. The van der Waals surface area contributed by atoms with Crippen molar-refractivity contribution in [3.8, 4) is 0 Å². The fourth-order valence-corrected chi connectivity index (χ4v) is 3.62. The SMILES string of the molecule is C1CC2CNCC2(c2nc(CC3CC3)no2)C1. The van der Waals surface area contributed by atoms with Gasteiger partial charge in [-0.15, -0.1) is 0 Å². The Morgan fingerprint density at radius 3 is 3.18 bits per heavy atom. The molecule has 4 nitrogen and oxygen atoms in total. The van der Waals surface area contributed by atoms with Crippen LogP contribution in [0.15, 0.2) is 4.52 Å². The zero-order chi connectivity index (χ0) is 11.3. The van der Waals surface area contributed by atoms with Gasteiger partial charge in [0.05, 0.1) is 5.41 Å². The molecule has 2 aliphatic carbocycles. The van der Waals surface area contributed by atoms with Crippen LogP contribution in [-0.2, 0) is 11.8 Å². The number of rotatable bonds is 3. The van der Waals surface area contributed by atoms with Crippen LogP contribution in [0.4, 0.5) is 0 Å². The molecule has 0 spiro atoms. The van der Waals surface area contributed by atoms with E-state index in [0.29, 0.717) is 0 Å². The Bertz CT molecular complexity index is 414. The molecular weight excluding hydrogens is 214 g/mol. The molecule has 1 aromatic rings. The maximum absolute atomic E-state index is 5.58. The van der Waals surface area contributed by atoms with Crippen LogP contribution in [0.25, 0.3) is 0 Å². The van der Waals surface area contributed by atoms with Crippen LogP contribution < -0.4 is 5.32 Å². The van der Waals surface area contributed by atoms with Crippen molar-refractivity contribution in [2.45, 2.75) is 43.9 Å². The van der Waals surface area contributed by atoms with Crippen LogP contribution in [0.3, 0.4) is 0 Å². The van der Waals surface area contributed by atoms with Gasteiger partial charge in [-0.2, -0.15) is 4.98 Å². The van der Waals surface area contributed by atoms with Crippen LogP contribution in [-0.4, -0.2) is 23.2 Å². The second-order valence-corrected chi connectivity index (χ2v) is 6.04. The normalized spacial score (nSPS) is 36.4. The molecule has 4 heteroatoms. The summed E-state index contributed by atoms with van der Waals surface area (Å²) in [4.78, 5) is 4.69. The lowest BCUT2D eigenvalue weighted by Gasteiger charge is -2.22. The lowest BCUT2D eigenvalue weighted by atomic mass is 9.80. The summed E-state index contributed by atoms with van der Waals surface area (Å²) in [6, 6.07) is 0. The van der Waals surface area contributed by atoms with Crippen molar-refractivity contribution < 1.29 is 4.52 Å². The summed E-state index contributed by atoms with van der Waals surface area (Å²) in [6.07, 6.45) is 7.56. The first kappa shape index (κ1) is 10.1. The first-order valence-corrected chi connectivity index (χ1v) is 6.91. The zero-order valence-corrected chi connectivity index (χ0v) is 10.1. The van der Waals surface area contributed by atoms with Crippen molar-refractivity contribution in [1.82, 2.24) is 15.5 Å². The van der Waals surface area contributed by atoms with E-state index in [1.54, 1.807) is 0 Å². The lowest BCUT2D eigenvalue weighted by Crippen LogP contribution is -2.31. The van der Waals surface area contributed by atoms with E-state index in [1.165, 1.54) is 32.1 Å². The van der Waals surface area contributed by atoms with E-state index >= 15 is 0 Å². The van der Waals surface area contributed by atoms with Gasteiger partial charge in [-0.05, 0) is 44.1 Å². The summed E-state index contributed by atoms with van der Waals surface area (Å²) in [5, 5.41) is 7.68. The fraction of sp³-hybridized carbons (Fsp3) is 0.846. The van der Waals surface area contributed by atoms with Gasteiger partial charge in [-0.25, -0.2) is 0 Å². The van der Waals surface area contributed by atoms with E-state index in [0.717, 1.165) is 43.1 Å². The molecule has 0 bridgehead atoms. The van der Waals surface area contributed by atoms with Gasteiger partial charge >= 0.3 is 0 Å². The molecule has 1 aliphatic heterocycles. The van der Waals surface area contributed by atoms with Gasteiger partial charge in [0.1, 0.15) is 0 Å². The van der Waals surface area contributed by atoms with E-state index < -0.39 is 0 Å². The number of hydrogen-bond acceptors (Lipinski definition) is 4. The van der Waals surface area contributed by atoms with E-state index in [9.17, 15) is 0 Å². The minimum Gasteiger partial charge on any atom is -0.339 e. The molecule has 3 aliphatic rings. The molecule has 3 fully saturated rings. The molecule has 0 amide bonds. The number of aromatic nitrogens is 2. The minimum absolute atomic E-state index is 0.175. The number of nitrogens with zero attached hydrogens (tertiary/aromatic N) is 2. The summed E-state index contributed by atoms with van der Waals surface area (Å²) in [7, 11) is 0. The number of fused-ring (bicyclic) bond motifs is 1. The topological polar surface area (TPSA) is 51.0 Å². The standard InChI is InChI=1S/C13H19N3O/c1-2-10-7-14-8-13(10,5-1)12-15-11(16-17-12)6-9-3-4-9/h9-10,14H,1-8H2. The first-order valence-electron chi connectivity index (χ1n) is 6.91. The molecule has 92 valence electrons. The summed E-state index contributed by atoms with van der Waals surface area (Å²) in [6.45, 7) is 2.16. The molecule has 17 heavy (non-hydrogen) atoms. The summed E-state index contributed by atoms with van der Waals surface area (Å²) in [5.41, 5.74) is 0.175. The van der Waals surface area contributed by atoms with Crippen molar-refractivity contribution >= 4 is 0 Å². The molecule has 2 atom stereocenters. The van der Waals surface area contributed by atoms with Crippen molar-refractivity contribution in [2.75, 3.05) is 13.1 Å². The zero-order valence-electron chi connectivity index (χ0n) is 10.1. The highest BCUT2D eigenvalue weighted by molar-refractivity contribution is 5.16. The molecule has 2 saturated carbocycles. The summed E-state index contributed by atoms with van der Waals surface area (Å²) in [5.74, 6) is 3.41. The third-order valence-corrected chi connectivity index (χ3v) is 4.85. The van der Waals surface area contributed by atoms with Gasteiger partial charge in [-0.3, -0.25) is 0 Å². The Hall–Kier alpha value is -0.900. The Morgan fingerprint density at radius 2 is 2.29 bits per heavy atom. The fourth-order valence-electron chi connectivity index (χ4n) is 3.62. The molecular formula is C13H19N3O. The maximum atomic E-state index is 5.58. The molecule has 1 N–H and O–H groups in total. The van der Waals surface area contributed by atoms with Gasteiger partial charge in [-0.1, -0.05) is 11.6 Å². The smallest absolute Gasteiger partial charge is 0.234 e. The number of nitrogens with one attached hydrogen (secondary N) is 1. The molecule has 1 aromatic heterocycles. The second kappa shape index (κ2) is 3.55. The molecule has 2 heterocycles. The first-order chi connectivity index (χ1) is 8.37. The van der Waals surface area contributed by atoms with Gasteiger partial charge in [0, 0.05) is 13.0 Å². The monoisotopic (exact) mass is 233 g/mol. The van der Waals surface area contributed by atoms with Crippen LogP contribution in [0.2, 0.25) is 0 Å². The van der Waals surface area contributed by atoms with Gasteiger partial charge in [0.15, 0.2) is 5.82 Å². The van der Waals surface area contributed by atoms with Crippen LogP contribution in [0.5, 0.6) is 0 Å².